The third-order valence-electron chi connectivity index (χ3n) is 4.05. The van der Waals surface area contributed by atoms with E-state index in [0.29, 0.717) is 12.0 Å². The van der Waals surface area contributed by atoms with Gasteiger partial charge in [0.05, 0.1) is 5.92 Å². The summed E-state index contributed by atoms with van der Waals surface area (Å²) in [4.78, 5) is 23.6. The molecule has 2 N–H and O–H groups in total. The molecule has 2 rings (SSSR count). The predicted molar refractivity (Wildman–Crippen MR) is 76.9 cm³/mol. The fourth-order valence-corrected chi connectivity index (χ4v) is 3.21. The number of aryl methyl sites for hydroxylation is 3. The summed E-state index contributed by atoms with van der Waals surface area (Å²) < 4.78 is 0. The summed E-state index contributed by atoms with van der Waals surface area (Å²) in [5.74, 6) is -1.42. The van der Waals surface area contributed by atoms with Crippen LogP contribution in [0.25, 0.3) is 0 Å². The van der Waals surface area contributed by atoms with Crippen molar-refractivity contribution >= 4 is 11.9 Å². The Morgan fingerprint density at radius 1 is 1.15 bits per heavy atom. The van der Waals surface area contributed by atoms with Gasteiger partial charge in [-0.1, -0.05) is 24.1 Å². The molecule has 0 aliphatic heterocycles. The molecule has 0 heterocycles. The first kappa shape index (κ1) is 14.6. The summed E-state index contributed by atoms with van der Waals surface area (Å²) in [6.07, 6.45) is 2.24. The van der Waals surface area contributed by atoms with Gasteiger partial charge in [-0.2, -0.15) is 0 Å². The second-order valence-electron chi connectivity index (χ2n) is 5.73. The molecule has 4 nitrogen and oxygen atoms in total. The van der Waals surface area contributed by atoms with E-state index in [2.05, 4.69) is 5.32 Å². The van der Waals surface area contributed by atoms with E-state index in [9.17, 15) is 9.59 Å². The van der Waals surface area contributed by atoms with E-state index in [-0.39, 0.29) is 11.9 Å². The SMILES string of the molecule is Cc1cc(C)c(C(=O)NC2CCCC2C(=O)O)c(C)c1. The third-order valence-corrected chi connectivity index (χ3v) is 4.05. The lowest BCUT2D eigenvalue weighted by atomic mass is 9.98. The van der Waals surface area contributed by atoms with Crippen LogP contribution < -0.4 is 5.32 Å². The molecule has 1 fully saturated rings. The summed E-state index contributed by atoms with van der Waals surface area (Å²) in [5.41, 5.74) is 3.67. The lowest BCUT2D eigenvalue weighted by Gasteiger charge is -2.19. The number of carboxylic acid groups (broad SMARTS) is 1. The first-order valence-corrected chi connectivity index (χ1v) is 7.01. The van der Waals surface area contributed by atoms with E-state index in [1.165, 1.54) is 0 Å². The molecule has 4 heteroatoms. The van der Waals surface area contributed by atoms with E-state index >= 15 is 0 Å². The van der Waals surface area contributed by atoms with Gasteiger partial charge in [0.15, 0.2) is 0 Å². The smallest absolute Gasteiger partial charge is 0.308 e. The maximum absolute atomic E-state index is 12.4. The molecule has 20 heavy (non-hydrogen) atoms. The topological polar surface area (TPSA) is 66.4 Å². The Morgan fingerprint density at radius 3 is 2.30 bits per heavy atom. The molecule has 1 aromatic carbocycles. The van der Waals surface area contributed by atoms with Crippen molar-refractivity contribution in [3.8, 4) is 0 Å². The van der Waals surface area contributed by atoms with Crippen molar-refractivity contribution in [3.63, 3.8) is 0 Å². The van der Waals surface area contributed by atoms with Crippen molar-refractivity contribution in [1.29, 1.82) is 0 Å². The van der Waals surface area contributed by atoms with Crippen molar-refractivity contribution in [2.45, 2.75) is 46.1 Å². The molecular formula is C16H21NO3. The number of benzene rings is 1. The highest BCUT2D eigenvalue weighted by atomic mass is 16.4. The quantitative estimate of drug-likeness (QED) is 0.891. The zero-order valence-corrected chi connectivity index (χ0v) is 12.2. The number of hydrogen-bond acceptors (Lipinski definition) is 2. The van der Waals surface area contributed by atoms with Gasteiger partial charge >= 0.3 is 5.97 Å². The minimum Gasteiger partial charge on any atom is -0.481 e. The van der Waals surface area contributed by atoms with Gasteiger partial charge in [-0.15, -0.1) is 0 Å². The van der Waals surface area contributed by atoms with Crippen molar-refractivity contribution in [1.82, 2.24) is 5.32 Å². The van der Waals surface area contributed by atoms with Gasteiger partial charge in [-0.3, -0.25) is 9.59 Å². The molecule has 108 valence electrons. The maximum atomic E-state index is 12.4. The van der Waals surface area contributed by atoms with E-state index in [4.69, 9.17) is 5.11 Å². The Balaban J connectivity index is 2.19. The molecule has 0 radical (unpaired) electrons. The number of aliphatic carboxylic acids is 1. The Labute approximate surface area is 119 Å². The summed E-state index contributed by atoms with van der Waals surface area (Å²) in [6, 6.07) is 3.70. The standard InChI is InChI=1S/C16H21NO3/c1-9-7-10(2)14(11(3)8-9)15(18)17-13-6-4-5-12(13)16(19)20/h7-8,12-13H,4-6H2,1-3H3,(H,17,18)(H,19,20). The van der Waals surface area contributed by atoms with Crippen LogP contribution in [0.3, 0.4) is 0 Å². The van der Waals surface area contributed by atoms with Gasteiger partial charge in [0.1, 0.15) is 0 Å². The lowest BCUT2D eigenvalue weighted by Crippen LogP contribution is -2.40. The van der Waals surface area contributed by atoms with Crippen LogP contribution in [0.15, 0.2) is 12.1 Å². The largest absolute Gasteiger partial charge is 0.481 e. The number of amides is 1. The number of carbonyl (C=O) groups excluding carboxylic acids is 1. The van der Waals surface area contributed by atoms with Crippen LogP contribution in [-0.4, -0.2) is 23.0 Å². The van der Waals surface area contributed by atoms with Gasteiger partial charge in [0.25, 0.3) is 5.91 Å². The van der Waals surface area contributed by atoms with E-state index in [1.54, 1.807) is 0 Å². The molecule has 1 aromatic rings. The fraction of sp³-hybridized carbons (Fsp3) is 0.500. The van der Waals surface area contributed by atoms with Crippen molar-refractivity contribution < 1.29 is 14.7 Å². The predicted octanol–water partition coefficient (Wildman–Crippen LogP) is 2.59. The van der Waals surface area contributed by atoms with Gasteiger partial charge < -0.3 is 10.4 Å². The van der Waals surface area contributed by atoms with Crippen LogP contribution in [0.4, 0.5) is 0 Å². The molecular weight excluding hydrogens is 254 g/mol. The van der Waals surface area contributed by atoms with Crippen LogP contribution in [0.1, 0.15) is 46.3 Å². The Kier molecular flexibility index (Phi) is 4.12. The zero-order chi connectivity index (χ0) is 14.9. The van der Waals surface area contributed by atoms with Crippen LogP contribution in [-0.2, 0) is 4.79 Å². The normalized spacial score (nSPS) is 21.8. The van der Waals surface area contributed by atoms with Crippen LogP contribution in [0.2, 0.25) is 0 Å². The van der Waals surface area contributed by atoms with Crippen molar-refractivity contribution in [2.75, 3.05) is 0 Å². The van der Waals surface area contributed by atoms with Crippen molar-refractivity contribution in [2.24, 2.45) is 5.92 Å². The molecule has 0 saturated heterocycles. The second-order valence-corrected chi connectivity index (χ2v) is 5.73. The summed E-state index contributed by atoms with van der Waals surface area (Å²) in [5, 5.41) is 12.1. The third kappa shape index (κ3) is 2.84. The summed E-state index contributed by atoms with van der Waals surface area (Å²) >= 11 is 0. The number of rotatable bonds is 3. The molecule has 1 amide bonds. The number of carbonyl (C=O) groups is 2. The highest BCUT2D eigenvalue weighted by Crippen LogP contribution is 2.26. The molecule has 1 aliphatic carbocycles. The monoisotopic (exact) mass is 275 g/mol. The highest BCUT2D eigenvalue weighted by Gasteiger charge is 2.34. The minimum absolute atomic E-state index is 0.154. The molecule has 0 aromatic heterocycles. The van der Waals surface area contributed by atoms with Crippen LogP contribution >= 0.6 is 0 Å². The van der Waals surface area contributed by atoms with E-state index < -0.39 is 11.9 Å². The number of carboxylic acids is 1. The zero-order valence-electron chi connectivity index (χ0n) is 12.2. The Hall–Kier alpha value is -1.84. The molecule has 1 aliphatic rings. The van der Waals surface area contributed by atoms with Gasteiger partial charge in [-0.25, -0.2) is 0 Å². The maximum Gasteiger partial charge on any atom is 0.308 e. The summed E-state index contributed by atoms with van der Waals surface area (Å²) in [6.45, 7) is 5.83. The van der Waals surface area contributed by atoms with Gasteiger partial charge in [0, 0.05) is 11.6 Å². The van der Waals surface area contributed by atoms with Gasteiger partial charge in [0.2, 0.25) is 0 Å². The molecule has 0 spiro atoms. The van der Waals surface area contributed by atoms with E-state index in [1.807, 2.05) is 32.9 Å². The Morgan fingerprint density at radius 2 is 1.75 bits per heavy atom. The molecule has 0 bridgehead atoms. The first-order valence-electron chi connectivity index (χ1n) is 7.01. The van der Waals surface area contributed by atoms with Gasteiger partial charge in [-0.05, 0) is 44.7 Å². The first-order chi connectivity index (χ1) is 9.40. The molecule has 2 atom stereocenters. The van der Waals surface area contributed by atoms with Crippen molar-refractivity contribution in [3.05, 3.63) is 34.4 Å². The summed E-state index contributed by atoms with van der Waals surface area (Å²) in [7, 11) is 0. The highest BCUT2D eigenvalue weighted by molar-refractivity contribution is 5.97. The molecule has 2 unspecified atom stereocenters. The average Bonchev–Trinajstić information content (AvgIpc) is 2.75. The lowest BCUT2D eigenvalue weighted by molar-refractivity contribution is -0.142. The minimum atomic E-state index is -0.815. The second kappa shape index (κ2) is 5.65. The number of hydrogen-bond donors (Lipinski definition) is 2. The van der Waals surface area contributed by atoms with Crippen LogP contribution in [0.5, 0.6) is 0 Å². The fourth-order valence-electron chi connectivity index (χ4n) is 3.21. The number of nitrogens with one attached hydrogen (secondary N) is 1. The van der Waals surface area contributed by atoms with E-state index in [0.717, 1.165) is 29.5 Å². The average molecular weight is 275 g/mol. The Bertz CT molecular complexity index is 528. The van der Waals surface area contributed by atoms with Crippen LogP contribution in [0, 0.1) is 26.7 Å². The molecule has 1 saturated carbocycles.